The Hall–Kier alpha value is -0.580. The second-order valence-corrected chi connectivity index (χ2v) is 7.07. The van der Waals surface area contributed by atoms with Crippen LogP contribution in [0.25, 0.3) is 0 Å². The number of piperazine rings is 1. The van der Waals surface area contributed by atoms with Crippen LogP contribution in [0, 0.1) is 5.92 Å². The zero-order valence-corrected chi connectivity index (χ0v) is 15.1. The molecule has 1 fully saturated rings. The third kappa shape index (κ3) is 4.21. The molecule has 1 saturated heterocycles. The van der Waals surface area contributed by atoms with Crippen LogP contribution in [0.15, 0.2) is 22.7 Å². The molecule has 1 aromatic rings. The summed E-state index contributed by atoms with van der Waals surface area (Å²) in [5.74, 6) is 1.58. The van der Waals surface area contributed by atoms with Gasteiger partial charge in [-0.25, -0.2) is 0 Å². The van der Waals surface area contributed by atoms with E-state index < -0.39 is 0 Å². The number of methoxy groups -OCH3 is 1. The quantitative estimate of drug-likeness (QED) is 0.872. The van der Waals surface area contributed by atoms with E-state index in [4.69, 9.17) is 4.74 Å². The first-order valence-electron chi connectivity index (χ1n) is 7.85. The lowest BCUT2D eigenvalue weighted by Crippen LogP contribution is -2.57. The molecule has 1 heterocycles. The Kier molecular flexibility index (Phi) is 6.08. The number of halogens is 1. The monoisotopic (exact) mass is 354 g/mol. The van der Waals surface area contributed by atoms with E-state index in [0.29, 0.717) is 18.0 Å². The predicted molar refractivity (Wildman–Crippen MR) is 91.8 cm³/mol. The lowest BCUT2D eigenvalue weighted by atomic mass is 9.97. The Balaban J connectivity index is 2.17. The maximum Gasteiger partial charge on any atom is 0.119 e. The average molecular weight is 355 g/mol. The van der Waals surface area contributed by atoms with Crippen LogP contribution in [0.4, 0.5) is 0 Å². The van der Waals surface area contributed by atoms with E-state index in [1.807, 2.05) is 6.07 Å². The van der Waals surface area contributed by atoms with Crippen LogP contribution < -0.4 is 10.1 Å². The van der Waals surface area contributed by atoms with Crippen LogP contribution in [0.1, 0.15) is 32.8 Å². The molecule has 2 atom stereocenters. The molecule has 0 saturated carbocycles. The number of nitrogens with one attached hydrogen (secondary N) is 1. The fourth-order valence-electron chi connectivity index (χ4n) is 3.03. The smallest absolute Gasteiger partial charge is 0.119 e. The summed E-state index contributed by atoms with van der Waals surface area (Å²) in [6, 6.07) is 7.41. The highest BCUT2D eigenvalue weighted by Crippen LogP contribution is 2.26. The third-order valence-electron chi connectivity index (χ3n) is 4.43. The zero-order valence-electron chi connectivity index (χ0n) is 13.5. The molecular formula is C17H27BrN2O. The van der Waals surface area contributed by atoms with Gasteiger partial charge in [0.1, 0.15) is 5.75 Å². The molecule has 1 aliphatic rings. The molecule has 1 N–H and O–H groups in total. The van der Waals surface area contributed by atoms with Crippen LogP contribution >= 0.6 is 15.9 Å². The Morgan fingerprint density at radius 2 is 2.19 bits per heavy atom. The fourth-order valence-corrected chi connectivity index (χ4v) is 3.40. The molecule has 2 unspecified atom stereocenters. The molecule has 1 aromatic carbocycles. The molecule has 0 aromatic heterocycles. The minimum Gasteiger partial charge on any atom is -0.497 e. The van der Waals surface area contributed by atoms with Gasteiger partial charge in [-0.1, -0.05) is 36.7 Å². The lowest BCUT2D eigenvalue weighted by molar-refractivity contribution is 0.0898. The van der Waals surface area contributed by atoms with Crippen molar-refractivity contribution in [3.05, 3.63) is 28.2 Å². The predicted octanol–water partition coefficient (Wildman–Crippen LogP) is 3.67. The van der Waals surface area contributed by atoms with Crippen LogP contribution in [-0.2, 0) is 6.54 Å². The van der Waals surface area contributed by atoms with Gasteiger partial charge in [0, 0.05) is 36.2 Å². The number of hydrogen-bond donors (Lipinski definition) is 1. The molecule has 0 spiro atoms. The van der Waals surface area contributed by atoms with E-state index in [1.54, 1.807) is 7.11 Å². The van der Waals surface area contributed by atoms with Gasteiger partial charge in [0.25, 0.3) is 0 Å². The summed E-state index contributed by atoms with van der Waals surface area (Å²) in [5.41, 5.74) is 1.30. The van der Waals surface area contributed by atoms with Gasteiger partial charge in [-0.3, -0.25) is 4.90 Å². The minimum absolute atomic E-state index is 0.589. The van der Waals surface area contributed by atoms with E-state index in [9.17, 15) is 0 Å². The standard InChI is InChI=1S/C17H27BrN2O/c1-5-14-11-20(17(9-19-14)12(2)3)10-13-8-15(21-4)6-7-16(13)18/h6-8,12,14,17,19H,5,9-11H2,1-4H3. The van der Waals surface area contributed by atoms with Crippen molar-refractivity contribution in [2.24, 2.45) is 5.92 Å². The van der Waals surface area contributed by atoms with Gasteiger partial charge in [0.2, 0.25) is 0 Å². The molecule has 3 nitrogen and oxygen atoms in total. The number of ether oxygens (including phenoxy) is 1. The zero-order chi connectivity index (χ0) is 15.4. The molecule has 21 heavy (non-hydrogen) atoms. The summed E-state index contributed by atoms with van der Waals surface area (Å²) in [4.78, 5) is 2.62. The van der Waals surface area contributed by atoms with Gasteiger partial charge < -0.3 is 10.1 Å². The third-order valence-corrected chi connectivity index (χ3v) is 5.20. The summed E-state index contributed by atoms with van der Waals surface area (Å²) < 4.78 is 6.53. The van der Waals surface area contributed by atoms with Crippen LogP contribution in [0.5, 0.6) is 5.75 Å². The highest BCUT2D eigenvalue weighted by atomic mass is 79.9. The Labute approximate surface area is 137 Å². The second-order valence-electron chi connectivity index (χ2n) is 6.21. The van der Waals surface area contributed by atoms with Gasteiger partial charge in [0.15, 0.2) is 0 Å². The van der Waals surface area contributed by atoms with Crippen molar-refractivity contribution in [1.29, 1.82) is 0 Å². The summed E-state index contributed by atoms with van der Waals surface area (Å²) >= 11 is 3.68. The van der Waals surface area contributed by atoms with Crippen molar-refractivity contribution in [1.82, 2.24) is 10.2 Å². The second kappa shape index (κ2) is 7.61. The van der Waals surface area contributed by atoms with Crippen molar-refractivity contribution in [2.45, 2.75) is 45.8 Å². The van der Waals surface area contributed by atoms with E-state index in [1.165, 1.54) is 12.0 Å². The number of benzene rings is 1. The SMILES string of the molecule is CCC1CN(Cc2cc(OC)ccc2Br)C(C(C)C)CN1. The molecule has 0 aliphatic carbocycles. The minimum atomic E-state index is 0.589. The molecular weight excluding hydrogens is 328 g/mol. The first-order valence-corrected chi connectivity index (χ1v) is 8.64. The Morgan fingerprint density at radius 1 is 1.43 bits per heavy atom. The van der Waals surface area contributed by atoms with Crippen molar-refractivity contribution < 1.29 is 4.74 Å². The average Bonchev–Trinajstić information content (AvgIpc) is 2.49. The molecule has 118 valence electrons. The van der Waals surface area contributed by atoms with E-state index in [-0.39, 0.29) is 0 Å². The van der Waals surface area contributed by atoms with Crippen LogP contribution in [-0.4, -0.2) is 37.2 Å². The number of hydrogen-bond acceptors (Lipinski definition) is 3. The van der Waals surface area contributed by atoms with Crippen molar-refractivity contribution >= 4 is 15.9 Å². The van der Waals surface area contributed by atoms with E-state index in [2.05, 4.69) is 59.1 Å². The van der Waals surface area contributed by atoms with Crippen molar-refractivity contribution in [2.75, 3.05) is 20.2 Å². The molecule has 2 rings (SSSR count). The summed E-state index contributed by atoms with van der Waals surface area (Å²) in [6.45, 7) is 10.0. The molecule has 4 heteroatoms. The fraction of sp³-hybridized carbons (Fsp3) is 0.647. The van der Waals surface area contributed by atoms with Gasteiger partial charge in [-0.15, -0.1) is 0 Å². The van der Waals surface area contributed by atoms with E-state index in [0.717, 1.165) is 29.9 Å². The van der Waals surface area contributed by atoms with Crippen LogP contribution in [0.3, 0.4) is 0 Å². The number of rotatable bonds is 5. The van der Waals surface area contributed by atoms with Crippen molar-refractivity contribution in [3.63, 3.8) is 0 Å². The first-order chi connectivity index (χ1) is 10.0. The maximum absolute atomic E-state index is 5.36. The topological polar surface area (TPSA) is 24.5 Å². The van der Waals surface area contributed by atoms with Gasteiger partial charge in [-0.05, 0) is 36.1 Å². The van der Waals surface area contributed by atoms with Crippen LogP contribution in [0.2, 0.25) is 0 Å². The molecule has 0 radical (unpaired) electrons. The molecule has 0 amide bonds. The maximum atomic E-state index is 5.36. The van der Waals surface area contributed by atoms with Gasteiger partial charge in [-0.2, -0.15) is 0 Å². The highest BCUT2D eigenvalue weighted by molar-refractivity contribution is 9.10. The Morgan fingerprint density at radius 3 is 2.81 bits per heavy atom. The highest BCUT2D eigenvalue weighted by Gasteiger charge is 2.29. The van der Waals surface area contributed by atoms with E-state index >= 15 is 0 Å². The Bertz CT molecular complexity index is 464. The first kappa shape index (κ1) is 16.8. The summed E-state index contributed by atoms with van der Waals surface area (Å²) in [6.07, 6.45) is 1.18. The number of nitrogens with zero attached hydrogens (tertiary/aromatic N) is 1. The molecule has 0 bridgehead atoms. The lowest BCUT2D eigenvalue weighted by Gasteiger charge is -2.42. The van der Waals surface area contributed by atoms with Gasteiger partial charge >= 0.3 is 0 Å². The van der Waals surface area contributed by atoms with Crippen molar-refractivity contribution in [3.8, 4) is 5.75 Å². The summed E-state index contributed by atoms with van der Waals surface area (Å²) in [5, 5.41) is 3.68. The van der Waals surface area contributed by atoms with Gasteiger partial charge in [0.05, 0.1) is 7.11 Å². The molecule has 1 aliphatic heterocycles. The largest absolute Gasteiger partial charge is 0.497 e. The summed E-state index contributed by atoms with van der Waals surface area (Å²) in [7, 11) is 1.72. The normalized spacial score (nSPS) is 23.5.